The van der Waals surface area contributed by atoms with Crippen molar-refractivity contribution in [3.05, 3.63) is 122 Å². The lowest BCUT2D eigenvalue weighted by Crippen LogP contribution is -1.79. The van der Waals surface area contributed by atoms with E-state index in [0.29, 0.717) is 0 Å². The number of ether oxygens (including phenoxy) is 2. The van der Waals surface area contributed by atoms with Crippen LogP contribution in [0.15, 0.2) is 122 Å². The molecule has 0 amide bonds. The number of benzene rings is 2. The predicted molar refractivity (Wildman–Crippen MR) is 220 cm³/mol. The smallest absolute Gasteiger partial charge is 0.0351 e. The second-order valence-electron chi connectivity index (χ2n) is 5.69. The van der Waals surface area contributed by atoms with Crippen molar-refractivity contribution in [3.63, 3.8) is 0 Å². The molecule has 0 aliphatic heterocycles. The summed E-state index contributed by atoms with van der Waals surface area (Å²) in [4.78, 5) is 7.57. The van der Waals surface area contributed by atoms with Crippen molar-refractivity contribution in [2.75, 3.05) is 39.9 Å². The van der Waals surface area contributed by atoms with Gasteiger partial charge in [0.15, 0.2) is 0 Å². The van der Waals surface area contributed by atoms with Crippen LogP contribution in [0.4, 0.5) is 11.4 Å². The Morgan fingerprint density at radius 3 is 0.565 bits per heavy atom. The summed E-state index contributed by atoms with van der Waals surface area (Å²) >= 11 is 0. The Morgan fingerprint density at radius 1 is 0.348 bits per heavy atom. The van der Waals surface area contributed by atoms with Crippen LogP contribution in [0.3, 0.4) is 0 Å². The maximum Gasteiger partial charge on any atom is 0.0351 e. The molecule has 6 nitrogen and oxygen atoms in total. The number of methoxy groups -OCH3 is 2. The molecule has 0 atom stereocenters. The van der Waals surface area contributed by atoms with Crippen molar-refractivity contribution in [2.24, 2.45) is 0 Å². The molecule has 2 heterocycles. The second-order valence-corrected chi connectivity index (χ2v) is 5.69. The topological polar surface area (TPSA) is 96.3 Å². The SMILES string of the molecule is C.C.C.C.CC.CC.CC.CC.CC.COC.COC.Nc1ccccc1.Nc1ccccc1.c1ccncc1.c1ccncc1. The van der Waals surface area contributed by atoms with Crippen molar-refractivity contribution < 1.29 is 9.47 Å². The monoisotopic (exact) mass is 651 g/mol. The number of para-hydroxylation sites is 2. The minimum Gasteiger partial charge on any atom is -0.399 e. The van der Waals surface area contributed by atoms with Gasteiger partial charge < -0.3 is 20.9 Å². The highest BCUT2D eigenvalue weighted by atomic mass is 16.5. The number of nitrogens with two attached hydrogens (primary N) is 2. The highest BCUT2D eigenvalue weighted by Crippen LogP contribution is 1.96. The van der Waals surface area contributed by atoms with Crippen molar-refractivity contribution >= 4 is 11.4 Å². The van der Waals surface area contributed by atoms with E-state index in [2.05, 4.69) is 19.4 Å². The van der Waals surface area contributed by atoms with E-state index in [4.69, 9.17) is 11.5 Å². The minimum atomic E-state index is 0. The lowest BCUT2D eigenvalue weighted by atomic mass is 10.3. The summed E-state index contributed by atoms with van der Waals surface area (Å²) in [6.07, 6.45) is 7.00. The van der Waals surface area contributed by atoms with Crippen LogP contribution in [0.2, 0.25) is 0 Å². The highest BCUT2D eigenvalue weighted by molar-refractivity contribution is 5.36. The molecule has 6 heteroatoms. The van der Waals surface area contributed by atoms with Crippen molar-refractivity contribution in [1.82, 2.24) is 9.97 Å². The lowest BCUT2D eigenvalue weighted by molar-refractivity contribution is 0.277. The lowest BCUT2D eigenvalue weighted by Gasteiger charge is -1.83. The van der Waals surface area contributed by atoms with Crippen LogP contribution in [-0.2, 0) is 9.47 Å². The molecule has 0 aliphatic carbocycles. The predicted octanol–water partition coefficient (Wildman–Crippen LogP) is 12.9. The summed E-state index contributed by atoms with van der Waals surface area (Å²) in [5, 5.41) is 0. The van der Waals surface area contributed by atoms with Crippen molar-refractivity contribution in [2.45, 2.75) is 98.9 Å². The largest absolute Gasteiger partial charge is 0.399 e. The van der Waals surface area contributed by atoms with Crippen molar-refractivity contribution in [1.29, 1.82) is 0 Å². The first-order valence-corrected chi connectivity index (χ1v) is 14.7. The van der Waals surface area contributed by atoms with E-state index in [1.165, 1.54) is 0 Å². The number of hydrogen-bond acceptors (Lipinski definition) is 6. The minimum absolute atomic E-state index is 0. The second kappa shape index (κ2) is 97.0. The van der Waals surface area contributed by atoms with E-state index < -0.39 is 0 Å². The molecule has 2 aromatic heterocycles. The van der Waals surface area contributed by atoms with Gasteiger partial charge in [0.1, 0.15) is 0 Å². The quantitative estimate of drug-likeness (QED) is 0.184. The zero-order valence-electron chi connectivity index (χ0n) is 29.4. The Balaban J connectivity index is -0.0000000337. The first-order valence-electron chi connectivity index (χ1n) is 14.7. The Bertz CT molecular complexity index is 670. The van der Waals surface area contributed by atoms with E-state index >= 15 is 0 Å². The zero-order valence-corrected chi connectivity index (χ0v) is 29.4. The maximum atomic E-state index is 5.36. The van der Waals surface area contributed by atoms with E-state index in [1.807, 2.05) is 166 Å². The van der Waals surface area contributed by atoms with Gasteiger partial charge >= 0.3 is 0 Å². The molecule has 0 radical (unpaired) electrons. The first-order chi connectivity index (χ1) is 20.6. The summed E-state index contributed by atoms with van der Waals surface area (Å²) < 4.78 is 8.50. The number of nitrogen functional groups attached to an aromatic ring is 2. The molecule has 46 heavy (non-hydrogen) atoms. The van der Waals surface area contributed by atoms with Gasteiger partial charge in [-0.05, 0) is 48.5 Å². The Morgan fingerprint density at radius 2 is 0.500 bits per heavy atom. The molecule has 0 fully saturated rings. The van der Waals surface area contributed by atoms with Crippen LogP contribution < -0.4 is 11.5 Å². The van der Waals surface area contributed by atoms with Gasteiger partial charge in [-0.1, -0.05) is 147 Å². The van der Waals surface area contributed by atoms with Crippen molar-refractivity contribution in [3.8, 4) is 0 Å². The third-order valence-corrected chi connectivity index (χ3v) is 2.73. The first kappa shape index (κ1) is 73.6. The van der Waals surface area contributed by atoms with E-state index in [0.717, 1.165) is 11.4 Å². The Labute approximate surface area is 291 Å². The molecule has 0 spiro atoms. The molecule has 0 unspecified atom stereocenters. The summed E-state index contributed by atoms with van der Waals surface area (Å²) in [6, 6.07) is 30.4. The van der Waals surface area contributed by atoms with Gasteiger partial charge in [0.25, 0.3) is 0 Å². The molecule has 0 aliphatic rings. The molecular formula is C40H82N4O2. The average Bonchev–Trinajstić information content (AvgIpc) is 3.10. The van der Waals surface area contributed by atoms with Gasteiger partial charge in [0.2, 0.25) is 0 Å². The summed E-state index contributed by atoms with van der Waals surface area (Å²) in [5.74, 6) is 0. The zero-order chi connectivity index (χ0) is 34.1. The van der Waals surface area contributed by atoms with Crippen LogP contribution in [0.1, 0.15) is 98.9 Å². The number of rotatable bonds is 0. The van der Waals surface area contributed by atoms with Gasteiger partial charge in [0, 0.05) is 64.6 Å². The molecule has 4 rings (SSSR count). The summed E-state index contributed by atoms with van der Waals surface area (Å²) in [7, 11) is 6.50. The van der Waals surface area contributed by atoms with Crippen LogP contribution >= 0.6 is 0 Å². The van der Waals surface area contributed by atoms with Crippen LogP contribution in [-0.4, -0.2) is 38.4 Å². The number of aromatic nitrogens is 2. The third kappa shape index (κ3) is 105. The van der Waals surface area contributed by atoms with Gasteiger partial charge in [-0.15, -0.1) is 0 Å². The number of anilines is 2. The highest BCUT2D eigenvalue weighted by Gasteiger charge is 1.73. The summed E-state index contributed by atoms with van der Waals surface area (Å²) in [6.45, 7) is 20.0. The fourth-order valence-electron chi connectivity index (χ4n) is 1.53. The Kier molecular flexibility index (Phi) is 155. The van der Waals surface area contributed by atoms with Crippen LogP contribution in [0, 0.1) is 0 Å². The summed E-state index contributed by atoms with van der Waals surface area (Å²) in [5.41, 5.74) is 12.4. The van der Waals surface area contributed by atoms with Gasteiger partial charge in [0.05, 0.1) is 0 Å². The molecular weight excluding hydrogens is 568 g/mol. The molecule has 4 N–H and O–H groups in total. The number of hydrogen-bond donors (Lipinski definition) is 2. The van der Waals surface area contributed by atoms with E-state index in [9.17, 15) is 0 Å². The standard InChI is InChI=1S/2C6H7N.2C5H5N.2C2H6O.5C2H6.4CH4/c2*7-6-4-2-1-3-5-6;2*1-2-4-6-5-3-1;2*1-3-2;5*1-2;;;;/h2*1-5H,7H2;2*1-5H;2*1-2H3;5*1-2H3;4*1H4. The molecule has 0 saturated carbocycles. The van der Waals surface area contributed by atoms with Gasteiger partial charge in [-0.3, -0.25) is 9.97 Å². The third-order valence-electron chi connectivity index (χ3n) is 2.73. The van der Waals surface area contributed by atoms with Crippen LogP contribution in [0.5, 0.6) is 0 Å². The van der Waals surface area contributed by atoms with E-state index in [-0.39, 0.29) is 29.7 Å². The number of pyridine rings is 2. The van der Waals surface area contributed by atoms with Crippen LogP contribution in [0.25, 0.3) is 0 Å². The Hall–Kier alpha value is -3.74. The molecule has 0 bridgehead atoms. The molecule has 0 saturated heterocycles. The average molecular weight is 651 g/mol. The van der Waals surface area contributed by atoms with Gasteiger partial charge in [-0.25, -0.2) is 0 Å². The molecule has 274 valence electrons. The fourth-order valence-corrected chi connectivity index (χ4v) is 1.53. The molecule has 4 aromatic rings. The van der Waals surface area contributed by atoms with E-state index in [1.54, 1.807) is 53.2 Å². The molecule has 2 aromatic carbocycles. The van der Waals surface area contributed by atoms with Gasteiger partial charge in [-0.2, -0.15) is 0 Å². The maximum absolute atomic E-state index is 5.36. The normalized spacial score (nSPS) is 6.13. The number of nitrogens with zero attached hydrogens (tertiary/aromatic N) is 2. The fraction of sp³-hybridized carbons (Fsp3) is 0.450.